The molecule has 0 saturated heterocycles. The molecule has 27 heavy (non-hydrogen) atoms. The van der Waals surface area contributed by atoms with Crippen LogP contribution in [0.1, 0.15) is 36.1 Å². The number of hydrogen-bond donors (Lipinski definition) is 1. The molecule has 0 aliphatic carbocycles. The molecular formula is C20H25FN2O3S. The van der Waals surface area contributed by atoms with Crippen molar-refractivity contribution in [1.29, 1.82) is 0 Å². The molecule has 0 radical (unpaired) electrons. The van der Waals surface area contributed by atoms with Gasteiger partial charge in [-0.2, -0.15) is 0 Å². The SMILES string of the molecule is Cc1ccc(C)c(S(=O)(=O)NCCC(=O)N(C)C(C)c2ccc(F)cc2)c1. The van der Waals surface area contributed by atoms with Gasteiger partial charge in [-0.15, -0.1) is 0 Å². The summed E-state index contributed by atoms with van der Waals surface area (Å²) in [5, 5.41) is 0. The molecule has 0 fully saturated rings. The zero-order valence-corrected chi connectivity index (χ0v) is 16.8. The van der Waals surface area contributed by atoms with E-state index in [9.17, 15) is 17.6 Å². The van der Waals surface area contributed by atoms with Crippen LogP contribution >= 0.6 is 0 Å². The minimum atomic E-state index is -3.67. The maximum Gasteiger partial charge on any atom is 0.240 e. The van der Waals surface area contributed by atoms with E-state index in [0.29, 0.717) is 5.56 Å². The van der Waals surface area contributed by atoms with Gasteiger partial charge in [0.25, 0.3) is 0 Å². The van der Waals surface area contributed by atoms with Gasteiger partial charge >= 0.3 is 0 Å². The Morgan fingerprint density at radius 3 is 2.41 bits per heavy atom. The Bertz CT molecular complexity index is 911. The van der Waals surface area contributed by atoms with E-state index in [0.717, 1.165) is 11.1 Å². The summed E-state index contributed by atoms with van der Waals surface area (Å²) in [5.74, 6) is -0.531. The van der Waals surface area contributed by atoms with Gasteiger partial charge in [-0.25, -0.2) is 17.5 Å². The lowest BCUT2D eigenvalue weighted by Crippen LogP contribution is -2.33. The lowest BCUT2D eigenvalue weighted by Gasteiger charge is -2.25. The first-order valence-electron chi connectivity index (χ1n) is 8.70. The molecule has 1 atom stereocenters. The van der Waals surface area contributed by atoms with Gasteiger partial charge in [0, 0.05) is 20.0 Å². The van der Waals surface area contributed by atoms with Crippen molar-refractivity contribution in [3.05, 3.63) is 65.0 Å². The van der Waals surface area contributed by atoms with Crippen LogP contribution in [0.2, 0.25) is 0 Å². The summed E-state index contributed by atoms with van der Waals surface area (Å²) >= 11 is 0. The molecule has 1 unspecified atom stereocenters. The zero-order chi connectivity index (χ0) is 20.2. The van der Waals surface area contributed by atoms with Crippen LogP contribution in [0.4, 0.5) is 4.39 Å². The summed E-state index contributed by atoms with van der Waals surface area (Å²) in [6.07, 6.45) is 0.0339. The number of halogens is 1. The highest BCUT2D eigenvalue weighted by atomic mass is 32.2. The number of sulfonamides is 1. The number of amides is 1. The van der Waals surface area contributed by atoms with E-state index in [1.54, 1.807) is 38.2 Å². The van der Waals surface area contributed by atoms with Crippen molar-refractivity contribution in [2.75, 3.05) is 13.6 Å². The smallest absolute Gasteiger partial charge is 0.240 e. The number of aryl methyl sites for hydroxylation is 2. The fourth-order valence-electron chi connectivity index (χ4n) is 2.72. The molecule has 146 valence electrons. The summed E-state index contributed by atoms with van der Waals surface area (Å²) in [6.45, 7) is 5.41. The van der Waals surface area contributed by atoms with Crippen molar-refractivity contribution >= 4 is 15.9 Å². The lowest BCUT2D eigenvalue weighted by atomic mass is 10.1. The fourth-order valence-corrected chi connectivity index (χ4v) is 4.08. The Morgan fingerprint density at radius 1 is 1.15 bits per heavy atom. The molecule has 0 aromatic heterocycles. The lowest BCUT2D eigenvalue weighted by molar-refractivity contribution is -0.131. The van der Waals surface area contributed by atoms with Gasteiger partial charge in [-0.05, 0) is 55.7 Å². The molecule has 0 spiro atoms. The van der Waals surface area contributed by atoms with Crippen LogP contribution in [0, 0.1) is 19.7 Å². The third-order valence-corrected chi connectivity index (χ3v) is 6.19. The molecule has 2 aromatic rings. The van der Waals surface area contributed by atoms with E-state index in [1.165, 1.54) is 17.0 Å². The molecule has 0 aliphatic rings. The molecule has 0 aliphatic heterocycles. The summed E-state index contributed by atoms with van der Waals surface area (Å²) in [7, 11) is -2.03. The van der Waals surface area contributed by atoms with Crippen LogP contribution in [-0.2, 0) is 14.8 Å². The zero-order valence-electron chi connectivity index (χ0n) is 16.0. The summed E-state index contributed by atoms with van der Waals surface area (Å²) < 4.78 is 40.5. The van der Waals surface area contributed by atoms with Crippen molar-refractivity contribution in [2.45, 2.75) is 38.1 Å². The van der Waals surface area contributed by atoms with Crippen molar-refractivity contribution in [3.8, 4) is 0 Å². The predicted octanol–water partition coefficient (Wildman–Crippen LogP) is 3.33. The first-order valence-corrected chi connectivity index (χ1v) is 10.2. The number of nitrogens with one attached hydrogen (secondary N) is 1. The van der Waals surface area contributed by atoms with E-state index in [1.807, 2.05) is 19.9 Å². The summed E-state index contributed by atoms with van der Waals surface area (Å²) in [4.78, 5) is 14.1. The Kier molecular flexibility index (Phi) is 6.73. The highest BCUT2D eigenvalue weighted by molar-refractivity contribution is 7.89. The van der Waals surface area contributed by atoms with Gasteiger partial charge in [0.15, 0.2) is 0 Å². The van der Waals surface area contributed by atoms with E-state index in [4.69, 9.17) is 0 Å². The normalized spacial score (nSPS) is 12.6. The van der Waals surface area contributed by atoms with E-state index in [2.05, 4.69) is 4.72 Å². The van der Waals surface area contributed by atoms with Crippen LogP contribution in [0.5, 0.6) is 0 Å². The van der Waals surface area contributed by atoms with Crippen molar-refractivity contribution < 1.29 is 17.6 Å². The molecule has 7 heteroatoms. The van der Waals surface area contributed by atoms with Gasteiger partial charge in [0.05, 0.1) is 10.9 Å². The van der Waals surface area contributed by atoms with E-state index >= 15 is 0 Å². The summed E-state index contributed by atoms with van der Waals surface area (Å²) in [6, 6.07) is 10.9. The van der Waals surface area contributed by atoms with Crippen LogP contribution in [0.3, 0.4) is 0 Å². The Balaban J connectivity index is 1.96. The molecule has 0 heterocycles. The summed E-state index contributed by atoms with van der Waals surface area (Å²) in [5.41, 5.74) is 2.31. The standard InChI is InChI=1S/C20H25FN2O3S/c1-14-5-6-15(2)19(13-14)27(25,26)22-12-11-20(24)23(4)16(3)17-7-9-18(21)10-8-17/h5-10,13,16,22H,11-12H2,1-4H3. The number of benzene rings is 2. The first kappa shape index (κ1) is 21.1. The predicted molar refractivity (Wildman–Crippen MR) is 103 cm³/mol. The molecular weight excluding hydrogens is 367 g/mol. The molecule has 1 N–H and O–H groups in total. The van der Waals surface area contributed by atoms with Crippen molar-refractivity contribution in [3.63, 3.8) is 0 Å². The topological polar surface area (TPSA) is 66.5 Å². The number of carbonyl (C=O) groups excluding carboxylic acids is 1. The van der Waals surface area contributed by atoms with Gasteiger partial charge < -0.3 is 4.90 Å². The third-order valence-electron chi connectivity index (χ3n) is 4.59. The number of carbonyl (C=O) groups is 1. The van der Waals surface area contributed by atoms with Crippen LogP contribution < -0.4 is 4.72 Å². The van der Waals surface area contributed by atoms with E-state index in [-0.39, 0.29) is 35.6 Å². The van der Waals surface area contributed by atoms with Crippen LogP contribution in [-0.4, -0.2) is 32.8 Å². The van der Waals surface area contributed by atoms with Crippen molar-refractivity contribution in [1.82, 2.24) is 9.62 Å². The largest absolute Gasteiger partial charge is 0.339 e. The van der Waals surface area contributed by atoms with Crippen LogP contribution in [0.25, 0.3) is 0 Å². The molecule has 1 amide bonds. The number of hydrogen-bond acceptors (Lipinski definition) is 3. The highest BCUT2D eigenvalue weighted by Crippen LogP contribution is 2.20. The average molecular weight is 392 g/mol. The van der Waals surface area contributed by atoms with Crippen molar-refractivity contribution in [2.24, 2.45) is 0 Å². The second-order valence-corrected chi connectivity index (χ2v) is 8.38. The second kappa shape index (κ2) is 8.63. The van der Waals surface area contributed by atoms with Gasteiger partial charge in [-0.3, -0.25) is 4.79 Å². The Morgan fingerprint density at radius 2 is 1.78 bits per heavy atom. The fraction of sp³-hybridized carbons (Fsp3) is 0.350. The maximum absolute atomic E-state index is 13.0. The second-order valence-electron chi connectivity index (χ2n) is 6.65. The average Bonchev–Trinajstić information content (AvgIpc) is 2.62. The van der Waals surface area contributed by atoms with Gasteiger partial charge in [0.2, 0.25) is 15.9 Å². The quantitative estimate of drug-likeness (QED) is 0.786. The Hall–Kier alpha value is -2.25. The monoisotopic (exact) mass is 392 g/mol. The van der Waals surface area contributed by atoms with Gasteiger partial charge in [-0.1, -0.05) is 24.3 Å². The third kappa shape index (κ3) is 5.37. The first-order chi connectivity index (χ1) is 12.6. The number of rotatable bonds is 7. The molecule has 0 bridgehead atoms. The highest BCUT2D eigenvalue weighted by Gasteiger charge is 2.20. The number of nitrogens with zero attached hydrogens (tertiary/aromatic N) is 1. The molecule has 0 saturated carbocycles. The maximum atomic E-state index is 13.0. The van der Waals surface area contributed by atoms with E-state index < -0.39 is 10.0 Å². The minimum absolute atomic E-state index is 0.00895. The minimum Gasteiger partial charge on any atom is -0.339 e. The molecule has 2 rings (SSSR count). The van der Waals surface area contributed by atoms with Gasteiger partial charge in [0.1, 0.15) is 5.82 Å². The Labute approximate surface area is 160 Å². The molecule has 5 nitrogen and oxygen atoms in total. The molecule has 2 aromatic carbocycles. The van der Waals surface area contributed by atoms with Crippen LogP contribution in [0.15, 0.2) is 47.4 Å².